The molecule has 0 spiro atoms. The van der Waals surface area contributed by atoms with Crippen LogP contribution in [0.25, 0.3) is 6.08 Å². The maximum Gasteiger partial charge on any atom is 0.264 e. The molecule has 2 aromatic rings. The van der Waals surface area contributed by atoms with Crippen molar-refractivity contribution in [2.75, 3.05) is 19.8 Å². The fourth-order valence-corrected chi connectivity index (χ4v) is 3.35. The van der Waals surface area contributed by atoms with Gasteiger partial charge in [0.1, 0.15) is 19.0 Å². The Labute approximate surface area is 172 Å². The second kappa shape index (κ2) is 9.52. The molecule has 0 bridgehead atoms. The zero-order valence-electron chi connectivity index (χ0n) is 15.2. The average Bonchev–Trinajstić information content (AvgIpc) is 2.99. The van der Waals surface area contributed by atoms with Crippen molar-refractivity contribution in [3.8, 4) is 17.2 Å². The van der Waals surface area contributed by atoms with Crippen molar-refractivity contribution in [3.05, 3.63) is 58.0 Å². The number of thioether (sulfide) groups is 1. The fourth-order valence-electron chi connectivity index (χ4n) is 2.46. The summed E-state index contributed by atoms with van der Waals surface area (Å²) in [5.74, 6) is 1.50. The van der Waals surface area contributed by atoms with Crippen molar-refractivity contribution in [3.63, 3.8) is 0 Å². The molecular formula is C20H19ClN2O4S. The molecule has 1 saturated heterocycles. The van der Waals surface area contributed by atoms with Gasteiger partial charge in [-0.1, -0.05) is 29.8 Å². The molecular weight excluding hydrogens is 400 g/mol. The maximum absolute atomic E-state index is 11.8. The predicted molar refractivity (Wildman–Crippen MR) is 111 cm³/mol. The predicted octanol–water partition coefficient (Wildman–Crippen LogP) is 4.34. The van der Waals surface area contributed by atoms with Crippen LogP contribution in [0.4, 0.5) is 0 Å². The molecule has 0 aliphatic carbocycles. The van der Waals surface area contributed by atoms with Gasteiger partial charge < -0.3 is 19.5 Å². The number of carbonyl (C=O) groups excluding carboxylic acids is 1. The average molecular weight is 419 g/mol. The molecule has 0 unspecified atom stereocenters. The summed E-state index contributed by atoms with van der Waals surface area (Å²) in [4.78, 5) is 12.2. The number of rotatable bonds is 8. The normalized spacial score (nSPS) is 14.9. The van der Waals surface area contributed by atoms with Crippen LogP contribution in [0.2, 0.25) is 5.02 Å². The fraction of sp³-hybridized carbons (Fsp3) is 0.200. The molecule has 1 aliphatic heterocycles. The van der Waals surface area contributed by atoms with Gasteiger partial charge in [0.2, 0.25) is 0 Å². The quantitative estimate of drug-likeness (QED) is 0.492. The summed E-state index contributed by atoms with van der Waals surface area (Å²) in [6, 6.07) is 12.7. The van der Waals surface area contributed by atoms with Crippen molar-refractivity contribution in [2.24, 2.45) is 0 Å². The summed E-state index contributed by atoms with van der Waals surface area (Å²) in [7, 11) is 0. The first-order chi connectivity index (χ1) is 13.6. The van der Waals surface area contributed by atoms with Crippen molar-refractivity contribution in [1.82, 2.24) is 5.32 Å². The van der Waals surface area contributed by atoms with Crippen molar-refractivity contribution in [1.29, 1.82) is 5.41 Å². The highest BCUT2D eigenvalue weighted by atomic mass is 35.5. The highest BCUT2D eigenvalue weighted by Gasteiger charge is 2.22. The van der Waals surface area contributed by atoms with Gasteiger partial charge in [-0.05, 0) is 54.6 Å². The first-order valence-electron chi connectivity index (χ1n) is 8.63. The smallest absolute Gasteiger partial charge is 0.264 e. The number of hydrogen-bond acceptors (Lipinski definition) is 6. The Hall–Kier alpha value is -2.64. The Bertz CT molecular complexity index is 917. The van der Waals surface area contributed by atoms with E-state index in [0.29, 0.717) is 47.0 Å². The molecule has 2 N–H and O–H groups in total. The summed E-state index contributed by atoms with van der Waals surface area (Å²) in [5.41, 5.74) is 0.787. The summed E-state index contributed by atoms with van der Waals surface area (Å²) < 4.78 is 17.1. The highest BCUT2D eigenvalue weighted by Crippen LogP contribution is 2.31. The van der Waals surface area contributed by atoms with Crippen LogP contribution in [0, 0.1) is 5.41 Å². The third-order valence-corrected chi connectivity index (χ3v) is 4.80. The van der Waals surface area contributed by atoms with E-state index in [1.165, 1.54) is 0 Å². The van der Waals surface area contributed by atoms with E-state index in [-0.39, 0.29) is 11.1 Å². The van der Waals surface area contributed by atoms with Gasteiger partial charge in [0.05, 0.1) is 16.5 Å². The van der Waals surface area contributed by atoms with Gasteiger partial charge in [-0.2, -0.15) is 0 Å². The lowest BCUT2D eigenvalue weighted by molar-refractivity contribution is -0.115. The number of para-hydroxylation sites is 1. The monoisotopic (exact) mass is 418 g/mol. The van der Waals surface area contributed by atoms with E-state index < -0.39 is 0 Å². The van der Waals surface area contributed by atoms with E-state index in [1.54, 1.807) is 30.3 Å². The Kier molecular flexibility index (Phi) is 6.84. The molecule has 6 nitrogen and oxygen atoms in total. The zero-order valence-corrected chi connectivity index (χ0v) is 16.7. The minimum absolute atomic E-state index is 0.125. The minimum Gasteiger partial charge on any atom is -0.490 e. The number of carbonyl (C=O) groups is 1. The summed E-state index contributed by atoms with van der Waals surface area (Å²) >= 11 is 7.15. The van der Waals surface area contributed by atoms with Gasteiger partial charge in [-0.15, -0.1) is 0 Å². The van der Waals surface area contributed by atoms with Crippen molar-refractivity contribution in [2.45, 2.75) is 6.92 Å². The summed E-state index contributed by atoms with van der Waals surface area (Å²) in [6.45, 7) is 3.02. The van der Waals surface area contributed by atoms with Crippen LogP contribution in [0.3, 0.4) is 0 Å². The molecule has 0 atom stereocenters. The van der Waals surface area contributed by atoms with E-state index in [2.05, 4.69) is 5.32 Å². The van der Waals surface area contributed by atoms with Crippen molar-refractivity contribution < 1.29 is 19.0 Å². The van der Waals surface area contributed by atoms with Gasteiger partial charge in [0, 0.05) is 0 Å². The lowest BCUT2D eigenvalue weighted by Crippen LogP contribution is -2.18. The van der Waals surface area contributed by atoms with Gasteiger partial charge in [0.25, 0.3) is 5.91 Å². The molecule has 2 aromatic carbocycles. The van der Waals surface area contributed by atoms with Gasteiger partial charge in [-0.25, -0.2) is 0 Å². The van der Waals surface area contributed by atoms with Gasteiger partial charge >= 0.3 is 0 Å². The second-order valence-corrected chi connectivity index (χ2v) is 7.12. The molecule has 1 heterocycles. The number of halogens is 1. The largest absolute Gasteiger partial charge is 0.490 e. The number of ether oxygens (including phenoxy) is 3. The lowest BCUT2D eigenvalue weighted by atomic mass is 10.2. The Balaban J connectivity index is 1.64. The van der Waals surface area contributed by atoms with E-state index >= 15 is 0 Å². The minimum atomic E-state index is -0.273. The highest BCUT2D eigenvalue weighted by molar-refractivity contribution is 8.18. The molecule has 28 heavy (non-hydrogen) atoms. The van der Waals surface area contributed by atoms with Crippen LogP contribution in [-0.4, -0.2) is 30.9 Å². The second-order valence-electron chi connectivity index (χ2n) is 5.66. The standard InChI is InChI=1S/C20H19ClN2O4S/c1-2-25-17-11-13(12-18-19(24)23-20(22)28-18)7-8-16(17)27-10-9-26-15-6-4-3-5-14(15)21/h3-8,11-12H,2,9-10H2,1H3,(H2,22,23,24). The van der Waals surface area contributed by atoms with E-state index in [1.807, 2.05) is 25.1 Å². The van der Waals surface area contributed by atoms with Crippen LogP contribution < -0.4 is 19.5 Å². The zero-order chi connectivity index (χ0) is 19.9. The number of benzene rings is 2. The van der Waals surface area contributed by atoms with Crippen LogP contribution in [0.1, 0.15) is 12.5 Å². The molecule has 0 aromatic heterocycles. The number of hydrogen-bond donors (Lipinski definition) is 2. The maximum atomic E-state index is 11.8. The molecule has 3 rings (SSSR count). The van der Waals surface area contributed by atoms with Crippen LogP contribution in [-0.2, 0) is 4.79 Å². The van der Waals surface area contributed by atoms with Gasteiger partial charge in [-0.3, -0.25) is 10.2 Å². The first kappa shape index (κ1) is 20.1. The van der Waals surface area contributed by atoms with Crippen LogP contribution in [0.5, 0.6) is 17.2 Å². The molecule has 0 radical (unpaired) electrons. The molecule has 1 aliphatic rings. The molecule has 1 fully saturated rings. The van der Waals surface area contributed by atoms with Crippen LogP contribution in [0.15, 0.2) is 47.4 Å². The molecule has 8 heteroatoms. The van der Waals surface area contributed by atoms with E-state index in [9.17, 15) is 4.79 Å². The third kappa shape index (κ3) is 5.21. The molecule has 1 amide bonds. The lowest BCUT2D eigenvalue weighted by Gasteiger charge is -2.13. The Morgan fingerprint density at radius 2 is 1.82 bits per heavy atom. The SMILES string of the molecule is CCOc1cc(C=C2SC(=N)NC2=O)ccc1OCCOc1ccccc1Cl. The van der Waals surface area contributed by atoms with E-state index in [0.717, 1.165) is 17.3 Å². The topological polar surface area (TPSA) is 80.6 Å². The Morgan fingerprint density at radius 3 is 2.50 bits per heavy atom. The van der Waals surface area contributed by atoms with E-state index in [4.69, 9.17) is 31.2 Å². The molecule has 0 saturated carbocycles. The van der Waals surface area contributed by atoms with Crippen LogP contribution >= 0.6 is 23.4 Å². The number of amidine groups is 1. The third-order valence-electron chi connectivity index (χ3n) is 3.66. The van der Waals surface area contributed by atoms with Gasteiger partial charge in [0.15, 0.2) is 16.7 Å². The number of nitrogens with one attached hydrogen (secondary N) is 2. The molecule has 146 valence electrons. The summed E-state index contributed by atoms with van der Waals surface area (Å²) in [6.07, 6.45) is 1.72. The summed E-state index contributed by atoms with van der Waals surface area (Å²) in [5, 5.41) is 10.6. The Morgan fingerprint density at radius 1 is 1.07 bits per heavy atom. The van der Waals surface area contributed by atoms with Crippen molar-refractivity contribution >= 4 is 40.5 Å². The first-order valence-corrected chi connectivity index (χ1v) is 9.82. The number of amides is 1.